The summed E-state index contributed by atoms with van der Waals surface area (Å²) in [5, 5.41) is 0.0273. The average Bonchev–Trinajstić information content (AvgIpc) is 2.72. The summed E-state index contributed by atoms with van der Waals surface area (Å²) in [6.07, 6.45) is 0.115. The van der Waals surface area contributed by atoms with Crippen LogP contribution in [0, 0.1) is 0 Å². The Bertz CT molecular complexity index is 903. The summed E-state index contributed by atoms with van der Waals surface area (Å²) < 4.78 is 43.2. The van der Waals surface area contributed by atoms with Gasteiger partial charge in [0.15, 0.2) is 18.2 Å². The standard InChI is InChI=1S/C24H36O5SSi/c1-24(2,3)31(5,6)29-22(16-17-30(25,26)23-10-8-7-9-11-23)19-28-18-20-12-14-21(27-4)15-13-20/h7-15,22H,16-19H2,1-6H3/t22-/m0/s1. The Kier molecular flexibility index (Phi) is 8.89. The number of benzene rings is 2. The summed E-state index contributed by atoms with van der Waals surface area (Å²) in [6.45, 7) is 11.7. The van der Waals surface area contributed by atoms with Gasteiger partial charge in [0.25, 0.3) is 0 Å². The van der Waals surface area contributed by atoms with Crippen molar-refractivity contribution in [3.8, 4) is 5.75 Å². The van der Waals surface area contributed by atoms with Crippen molar-refractivity contribution < 1.29 is 22.3 Å². The molecule has 0 aliphatic rings. The minimum Gasteiger partial charge on any atom is -0.497 e. The largest absolute Gasteiger partial charge is 0.497 e. The molecule has 31 heavy (non-hydrogen) atoms. The van der Waals surface area contributed by atoms with Gasteiger partial charge in [-0.05, 0) is 54.4 Å². The van der Waals surface area contributed by atoms with Gasteiger partial charge < -0.3 is 13.9 Å². The number of hydrogen-bond acceptors (Lipinski definition) is 5. The lowest BCUT2D eigenvalue weighted by molar-refractivity contribution is 0.0331. The van der Waals surface area contributed by atoms with E-state index in [9.17, 15) is 8.42 Å². The molecule has 0 heterocycles. The normalized spacial score (nSPS) is 13.7. The van der Waals surface area contributed by atoms with Crippen LogP contribution in [0.25, 0.3) is 0 Å². The van der Waals surface area contributed by atoms with Crippen LogP contribution >= 0.6 is 0 Å². The van der Waals surface area contributed by atoms with Crippen LogP contribution in [-0.4, -0.2) is 42.3 Å². The van der Waals surface area contributed by atoms with Gasteiger partial charge >= 0.3 is 0 Å². The molecule has 0 bridgehead atoms. The highest BCUT2D eigenvalue weighted by Gasteiger charge is 2.39. The second kappa shape index (κ2) is 10.8. The van der Waals surface area contributed by atoms with E-state index < -0.39 is 18.2 Å². The predicted octanol–water partition coefficient (Wildman–Crippen LogP) is 5.47. The summed E-state index contributed by atoms with van der Waals surface area (Å²) in [5.74, 6) is 0.830. The Balaban J connectivity index is 2.05. The molecule has 0 saturated heterocycles. The van der Waals surface area contributed by atoms with Crippen molar-refractivity contribution in [3.05, 3.63) is 60.2 Å². The Morgan fingerprint density at radius 1 is 0.968 bits per heavy atom. The maximum absolute atomic E-state index is 12.8. The molecule has 172 valence electrons. The van der Waals surface area contributed by atoms with Gasteiger partial charge in [-0.3, -0.25) is 0 Å². The number of sulfone groups is 1. The zero-order valence-electron chi connectivity index (χ0n) is 19.6. The van der Waals surface area contributed by atoms with E-state index >= 15 is 0 Å². The maximum Gasteiger partial charge on any atom is 0.192 e. The van der Waals surface area contributed by atoms with E-state index in [0.29, 0.717) is 24.5 Å². The molecule has 0 saturated carbocycles. The quantitative estimate of drug-likeness (QED) is 0.413. The Labute approximate surface area is 188 Å². The van der Waals surface area contributed by atoms with Gasteiger partial charge in [-0.2, -0.15) is 0 Å². The van der Waals surface area contributed by atoms with Crippen LogP contribution in [0.5, 0.6) is 5.75 Å². The average molecular weight is 465 g/mol. The summed E-state index contributed by atoms with van der Waals surface area (Å²) in [5.41, 5.74) is 1.03. The highest BCUT2D eigenvalue weighted by Crippen LogP contribution is 2.37. The summed E-state index contributed by atoms with van der Waals surface area (Å²) in [4.78, 5) is 0.347. The van der Waals surface area contributed by atoms with Crippen LogP contribution in [0.4, 0.5) is 0 Å². The molecular formula is C24H36O5SSi. The summed E-state index contributed by atoms with van der Waals surface area (Å²) in [6, 6.07) is 16.3. The van der Waals surface area contributed by atoms with Gasteiger partial charge in [-0.1, -0.05) is 51.1 Å². The van der Waals surface area contributed by atoms with Crippen LogP contribution < -0.4 is 4.74 Å². The number of rotatable bonds is 11. The van der Waals surface area contributed by atoms with Crippen LogP contribution in [0.2, 0.25) is 18.1 Å². The first-order chi connectivity index (χ1) is 14.4. The third kappa shape index (κ3) is 7.75. The van der Waals surface area contributed by atoms with Crippen LogP contribution in [0.3, 0.4) is 0 Å². The molecule has 0 aliphatic heterocycles. The second-order valence-electron chi connectivity index (χ2n) is 9.28. The van der Waals surface area contributed by atoms with E-state index in [1.807, 2.05) is 30.3 Å². The van der Waals surface area contributed by atoms with Crippen molar-refractivity contribution in [2.75, 3.05) is 19.5 Å². The van der Waals surface area contributed by atoms with E-state index in [2.05, 4.69) is 33.9 Å². The van der Waals surface area contributed by atoms with Crippen LogP contribution in [0.1, 0.15) is 32.8 Å². The highest BCUT2D eigenvalue weighted by atomic mass is 32.2. The van der Waals surface area contributed by atoms with Crippen LogP contribution in [0.15, 0.2) is 59.5 Å². The molecule has 0 unspecified atom stereocenters. The first-order valence-corrected chi connectivity index (χ1v) is 15.2. The molecule has 0 spiro atoms. The van der Waals surface area contributed by atoms with E-state index in [1.165, 1.54) is 0 Å². The Hall–Kier alpha value is -1.67. The molecule has 2 aromatic carbocycles. The smallest absolute Gasteiger partial charge is 0.192 e. The second-order valence-corrected chi connectivity index (χ2v) is 16.1. The zero-order valence-corrected chi connectivity index (χ0v) is 21.4. The fourth-order valence-corrected chi connectivity index (χ4v) is 5.59. The lowest BCUT2D eigenvalue weighted by atomic mass is 10.2. The summed E-state index contributed by atoms with van der Waals surface area (Å²) >= 11 is 0. The van der Waals surface area contributed by atoms with Crippen molar-refractivity contribution in [3.63, 3.8) is 0 Å². The molecule has 1 atom stereocenters. The molecule has 0 aromatic heterocycles. The van der Waals surface area contributed by atoms with Crippen molar-refractivity contribution in [2.45, 2.75) is 62.9 Å². The molecule has 5 nitrogen and oxygen atoms in total. The molecule has 7 heteroatoms. The Morgan fingerprint density at radius 3 is 2.13 bits per heavy atom. The minimum atomic E-state index is -3.37. The fraction of sp³-hybridized carbons (Fsp3) is 0.500. The van der Waals surface area contributed by atoms with E-state index in [4.69, 9.17) is 13.9 Å². The molecule has 0 N–H and O–H groups in total. The van der Waals surface area contributed by atoms with Gasteiger partial charge in [0.2, 0.25) is 0 Å². The lowest BCUT2D eigenvalue weighted by Gasteiger charge is -2.39. The first-order valence-electron chi connectivity index (χ1n) is 10.6. The number of hydrogen-bond donors (Lipinski definition) is 0. The van der Waals surface area contributed by atoms with Crippen LogP contribution in [-0.2, 0) is 25.6 Å². The van der Waals surface area contributed by atoms with Crippen molar-refractivity contribution >= 4 is 18.2 Å². The van der Waals surface area contributed by atoms with Crippen molar-refractivity contribution in [2.24, 2.45) is 0 Å². The molecular weight excluding hydrogens is 428 g/mol. The van der Waals surface area contributed by atoms with Gasteiger partial charge in [0.05, 0.1) is 37.1 Å². The van der Waals surface area contributed by atoms with E-state index in [1.54, 1.807) is 31.4 Å². The molecule has 2 aromatic rings. The number of methoxy groups -OCH3 is 1. The van der Waals surface area contributed by atoms with Gasteiger partial charge in [-0.25, -0.2) is 8.42 Å². The lowest BCUT2D eigenvalue weighted by Crippen LogP contribution is -2.45. The molecule has 0 radical (unpaired) electrons. The van der Waals surface area contributed by atoms with Gasteiger partial charge in [0.1, 0.15) is 5.75 Å². The topological polar surface area (TPSA) is 61.8 Å². The fourth-order valence-electron chi connectivity index (χ4n) is 2.83. The van der Waals surface area contributed by atoms with Crippen molar-refractivity contribution in [1.82, 2.24) is 0 Å². The SMILES string of the molecule is COc1ccc(COC[C@H](CCS(=O)(=O)c2ccccc2)O[Si](C)(C)C(C)(C)C)cc1. The summed E-state index contributed by atoms with van der Waals surface area (Å²) in [7, 11) is -3.81. The predicted molar refractivity (Wildman–Crippen MR) is 128 cm³/mol. The third-order valence-corrected chi connectivity index (χ3v) is 12.1. The zero-order chi connectivity index (χ0) is 23.1. The van der Waals surface area contributed by atoms with Gasteiger partial charge in [-0.15, -0.1) is 0 Å². The van der Waals surface area contributed by atoms with E-state index in [0.717, 1.165) is 11.3 Å². The molecule has 0 aliphatic carbocycles. The Morgan fingerprint density at radius 2 is 1.58 bits per heavy atom. The van der Waals surface area contributed by atoms with Gasteiger partial charge in [0, 0.05) is 0 Å². The molecule has 2 rings (SSSR count). The van der Waals surface area contributed by atoms with Crippen molar-refractivity contribution in [1.29, 1.82) is 0 Å². The third-order valence-electron chi connectivity index (χ3n) is 5.81. The molecule has 0 fully saturated rings. The first kappa shape index (κ1) is 25.6. The van der Waals surface area contributed by atoms with E-state index in [-0.39, 0.29) is 16.9 Å². The minimum absolute atomic E-state index is 0.0273. The maximum atomic E-state index is 12.8. The molecule has 0 amide bonds. The number of ether oxygens (including phenoxy) is 2. The highest BCUT2D eigenvalue weighted by molar-refractivity contribution is 7.91. The monoisotopic (exact) mass is 464 g/mol.